The van der Waals surface area contributed by atoms with Gasteiger partial charge in [0, 0.05) is 25.5 Å². The second kappa shape index (κ2) is 4.31. The van der Waals surface area contributed by atoms with E-state index >= 15 is 0 Å². The highest BCUT2D eigenvalue weighted by Crippen LogP contribution is 2.29. The molecular weight excluding hydrogens is 230 g/mol. The third-order valence-electron chi connectivity index (χ3n) is 2.77. The van der Waals surface area contributed by atoms with Crippen molar-refractivity contribution in [2.75, 3.05) is 18.0 Å². The average Bonchev–Trinajstić information content (AvgIpc) is 2.25. The first-order chi connectivity index (χ1) is 8.31. The lowest BCUT2D eigenvalue weighted by molar-refractivity contribution is -0.133. The minimum absolute atomic E-state index is 0.242. The van der Waals surface area contributed by atoms with Gasteiger partial charge in [-0.25, -0.2) is 9.97 Å². The van der Waals surface area contributed by atoms with Crippen molar-refractivity contribution in [1.82, 2.24) is 9.97 Å². The molecule has 5 heteroatoms. The third-order valence-corrected chi connectivity index (χ3v) is 2.77. The Morgan fingerprint density at radius 1 is 1.17 bits per heavy atom. The molecule has 0 saturated carbocycles. The summed E-state index contributed by atoms with van der Waals surface area (Å²) in [6.07, 6.45) is 3.84. The van der Waals surface area contributed by atoms with Crippen molar-refractivity contribution in [3.8, 4) is 0 Å². The fourth-order valence-electron chi connectivity index (χ4n) is 2.48. The van der Waals surface area contributed by atoms with Crippen LogP contribution in [0.25, 0.3) is 0 Å². The lowest BCUT2D eigenvalue weighted by atomic mass is 9.99. The maximum absolute atomic E-state index is 10.6. The highest BCUT2D eigenvalue weighted by atomic mass is 16.5. The van der Waals surface area contributed by atoms with Crippen molar-refractivity contribution in [3.05, 3.63) is 18.0 Å². The van der Waals surface area contributed by atoms with E-state index in [1.165, 1.54) is 0 Å². The molecule has 0 atom stereocenters. The summed E-state index contributed by atoms with van der Waals surface area (Å²) in [4.78, 5) is 21.1. The molecule has 0 radical (unpaired) electrons. The highest BCUT2D eigenvalue weighted by molar-refractivity contribution is 5.73. The molecule has 0 aromatic carbocycles. The molecule has 1 fully saturated rings. The molecule has 18 heavy (non-hydrogen) atoms. The zero-order valence-corrected chi connectivity index (χ0v) is 11.3. The molecule has 0 aliphatic carbocycles. The topological polar surface area (TPSA) is 55.3 Å². The van der Waals surface area contributed by atoms with Gasteiger partial charge in [-0.1, -0.05) is 0 Å². The monoisotopic (exact) mass is 249 g/mol. The van der Waals surface area contributed by atoms with E-state index < -0.39 is 0 Å². The summed E-state index contributed by atoms with van der Waals surface area (Å²) >= 11 is 0. The summed E-state index contributed by atoms with van der Waals surface area (Å²) in [5, 5.41) is 0. The summed E-state index contributed by atoms with van der Waals surface area (Å²) in [6, 6.07) is 0. The fraction of sp³-hybridized carbons (Fsp3) is 0.615. The van der Waals surface area contributed by atoms with Crippen molar-refractivity contribution in [2.24, 2.45) is 0 Å². The van der Waals surface area contributed by atoms with Crippen LogP contribution in [0, 0.1) is 0 Å². The van der Waals surface area contributed by atoms with Crippen LogP contribution in [0.2, 0.25) is 0 Å². The molecular formula is C13H19N3O2. The second-order valence-corrected chi connectivity index (χ2v) is 5.91. The van der Waals surface area contributed by atoms with Gasteiger partial charge in [0.15, 0.2) is 6.29 Å². The number of nitrogens with zero attached hydrogens (tertiary/aromatic N) is 3. The van der Waals surface area contributed by atoms with Crippen molar-refractivity contribution < 1.29 is 9.53 Å². The zero-order chi connectivity index (χ0) is 13.4. The molecule has 1 saturated heterocycles. The number of morpholine rings is 1. The Morgan fingerprint density at radius 2 is 1.67 bits per heavy atom. The second-order valence-electron chi connectivity index (χ2n) is 5.91. The first-order valence-electron chi connectivity index (χ1n) is 6.04. The van der Waals surface area contributed by atoms with E-state index in [4.69, 9.17) is 4.74 Å². The average molecular weight is 249 g/mol. The van der Waals surface area contributed by atoms with Crippen molar-refractivity contribution in [1.29, 1.82) is 0 Å². The number of aldehydes is 1. The summed E-state index contributed by atoms with van der Waals surface area (Å²) < 4.78 is 6.00. The van der Waals surface area contributed by atoms with Crippen LogP contribution in [0.4, 0.5) is 5.95 Å². The Bertz CT molecular complexity index is 424. The Labute approximate surface area is 107 Å². The molecule has 0 spiro atoms. The SMILES string of the molecule is CC1(C)CN(c2ncc(C=O)cn2)CC(C)(C)O1. The molecule has 2 heterocycles. The maximum Gasteiger partial charge on any atom is 0.225 e. The first-order valence-corrected chi connectivity index (χ1v) is 6.04. The molecule has 1 aliphatic heterocycles. The van der Waals surface area contributed by atoms with Gasteiger partial charge in [-0.2, -0.15) is 0 Å². The zero-order valence-electron chi connectivity index (χ0n) is 11.3. The van der Waals surface area contributed by atoms with E-state index in [1.807, 2.05) is 0 Å². The van der Waals surface area contributed by atoms with Crippen LogP contribution < -0.4 is 4.90 Å². The Kier molecular flexibility index (Phi) is 3.11. The van der Waals surface area contributed by atoms with Gasteiger partial charge in [-0.05, 0) is 27.7 Å². The summed E-state index contributed by atoms with van der Waals surface area (Å²) in [7, 11) is 0. The lowest BCUT2D eigenvalue weighted by Gasteiger charge is -2.47. The smallest absolute Gasteiger partial charge is 0.225 e. The minimum Gasteiger partial charge on any atom is -0.366 e. The molecule has 98 valence electrons. The molecule has 1 aromatic heterocycles. The van der Waals surface area contributed by atoms with Crippen LogP contribution in [0.3, 0.4) is 0 Å². The highest BCUT2D eigenvalue weighted by Gasteiger charge is 2.38. The Balaban J connectivity index is 2.23. The molecule has 5 nitrogen and oxygen atoms in total. The third kappa shape index (κ3) is 2.85. The standard InChI is InChI=1S/C13H19N3O2/c1-12(2)8-16(9-13(3,4)18-12)11-14-5-10(7-17)6-15-11/h5-7H,8-9H2,1-4H3. The number of hydrogen-bond donors (Lipinski definition) is 0. The number of carbonyl (C=O) groups excluding carboxylic acids is 1. The van der Waals surface area contributed by atoms with Crippen molar-refractivity contribution >= 4 is 12.2 Å². The van der Waals surface area contributed by atoms with Gasteiger partial charge < -0.3 is 9.64 Å². The fourth-order valence-corrected chi connectivity index (χ4v) is 2.48. The summed E-state index contributed by atoms with van der Waals surface area (Å²) in [5.41, 5.74) is 0.00798. The first kappa shape index (κ1) is 13.0. The molecule has 1 aromatic rings. The maximum atomic E-state index is 10.6. The van der Waals surface area contributed by atoms with E-state index in [0.717, 1.165) is 19.4 Å². The molecule has 0 unspecified atom stereocenters. The van der Waals surface area contributed by atoms with Crippen molar-refractivity contribution in [2.45, 2.75) is 38.9 Å². The van der Waals surface area contributed by atoms with E-state index in [0.29, 0.717) is 11.5 Å². The summed E-state index contributed by atoms with van der Waals surface area (Å²) in [5.74, 6) is 0.644. The quantitative estimate of drug-likeness (QED) is 0.746. The van der Waals surface area contributed by atoms with Crippen molar-refractivity contribution in [3.63, 3.8) is 0 Å². The van der Waals surface area contributed by atoms with E-state index in [2.05, 4.69) is 42.6 Å². The van der Waals surface area contributed by atoms with Crippen LogP contribution in [0.5, 0.6) is 0 Å². The number of ether oxygens (including phenoxy) is 1. The number of hydrogen-bond acceptors (Lipinski definition) is 5. The lowest BCUT2D eigenvalue weighted by Crippen LogP contribution is -2.57. The van der Waals surface area contributed by atoms with Crippen LogP contribution in [0.15, 0.2) is 12.4 Å². The van der Waals surface area contributed by atoms with Crippen LogP contribution in [-0.4, -0.2) is 40.5 Å². The predicted molar refractivity (Wildman–Crippen MR) is 68.9 cm³/mol. The minimum atomic E-state index is -0.242. The Morgan fingerprint density at radius 3 is 2.11 bits per heavy atom. The molecule has 2 rings (SSSR count). The molecule has 1 aliphatic rings. The van der Waals surface area contributed by atoms with Gasteiger partial charge >= 0.3 is 0 Å². The molecule has 0 amide bonds. The Hall–Kier alpha value is -1.49. The number of anilines is 1. The number of carbonyl (C=O) groups is 1. The van der Waals surface area contributed by atoms with Crippen LogP contribution in [0.1, 0.15) is 38.1 Å². The molecule has 0 N–H and O–H groups in total. The summed E-state index contributed by atoms with van der Waals surface area (Å²) in [6.45, 7) is 9.69. The molecule has 0 bridgehead atoms. The van der Waals surface area contributed by atoms with E-state index in [1.54, 1.807) is 12.4 Å². The van der Waals surface area contributed by atoms with Gasteiger partial charge in [-0.3, -0.25) is 4.79 Å². The van der Waals surface area contributed by atoms with Crippen LogP contribution in [-0.2, 0) is 4.74 Å². The van der Waals surface area contributed by atoms with Gasteiger partial charge in [0.1, 0.15) is 0 Å². The van der Waals surface area contributed by atoms with E-state index in [-0.39, 0.29) is 11.2 Å². The number of rotatable bonds is 2. The van der Waals surface area contributed by atoms with E-state index in [9.17, 15) is 4.79 Å². The van der Waals surface area contributed by atoms with Crippen LogP contribution >= 0.6 is 0 Å². The largest absolute Gasteiger partial charge is 0.366 e. The van der Waals surface area contributed by atoms with Gasteiger partial charge in [0.05, 0.1) is 16.8 Å². The predicted octanol–water partition coefficient (Wildman–Crippen LogP) is 1.68. The van der Waals surface area contributed by atoms with Gasteiger partial charge in [-0.15, -0.1) is 0 Å². The van der Waals surface area contributed by atoms with Gasteiger partial charge in [0.25, 0.3) is 0 Å². The number of aromatic nitrogens is 2. The normalized spacial score (nSPS) is 21.7. The van der Waals surface area contributed by atoms with Gasteiger partial charge in [0.2, 0.25) is 5.95 Å².